The monoisotopic (exact) mass is 356 g/mol. The molecule has 0 spiro atoms. The maximum Gasteiger partial charge on any atom is 0.338 e. The van der Waals surface area contributed by atoms with Gasteiger partial charge in [0, 0.05) is 17.8 Å². The van der Waals surface area contributed by atoms with Gasteiger partial charge in [0.2, 0.25) is 0 Å². The molecule has 0 fully saturated rings. The summed E-state index contributed by atoms with van der Waals surface area (Å²) in [4.78, 5) is 34.0. The van der Waals surface area contributed by atoms with E-state index >= 15 is 0 Å². The number of hydrogen-bond acceptors (Lipinski definition) is 5. The maximum absolute atomic E-state index is 12.0. The molecule has 1 amide bonds. The minimum atomic E-state index is -0.602. The summed E-state index contributed by atoms with van der Waals surface area (Å²) in [5.41, 5.74) is 1.61. The SMILES string of the molecule is CC(C)Cc1ccc(C(=O)OCC(=O)Nc2cccc([N+](=O)[O-])c2)cc1. The number of ether oxygens (including phenoxy) is 1. The van der Waals surface area contributed by atoms with Crippen LogP contribution in [-0.2, 0) is 16.0 Å². The van der Waals surface area contributed by atoms with Crippen molar-refractivity contribution in [2.24, 2.45) is 5.92 Å². The summed E-state index contributed by atoms with van der Waals surface area (Å²) in [5, 5.41) is 13.2. The molecule has 136 valence electrons. The number of hydrogen-bond donors (Lipinski definition) is 1. The highest BCUT2D eigenvalue weighted by atomic mass is 16.6. The van der Waals surface area contributed by atoms with E-state index in [4.69, 9.17) is 4.74 Å². The third kappa shape index (κ3) is 5.70. The predicted molar refractivity (Wildman–Crippen MR) is 97.0 cm³/mol. The van der Waals surface area contributed by atoms with Crippen LogP contribution in [0.2, 0.25) is 0 Å². The predicted octanol–water partition coefficient (Wildman–Crippen LogP) is 3.59. The first-order valence-corrected chi connectivity index (χ1v) is 8.15. The van der Waals surface area contributed by atoms with Gasteiger partial charge in [-0.05, 0) is 36.1 Å². The topological polar surface area (TPSA) is 98.5 Å². The largest absolute Gasteiger partial charge is 0.452 e. The second-order valence-electron chi connectivity index (χ2n) is 6.23. The number of carbonyl (C=O) groups is 2. The van der Waals surface area contributed by atoms with Crippen LogP contribution in [-0.4, -0.2) is 23.4 Å². The number of anilines is 1. The van der Waals surface area contributed by atoms with Crippen molar-refractivity contribution in [1.82, 2.24) is 0 Å². The average molecular weight is 356 g/mol. The molecule has 0 saturated heterocycles. The van der Waals surface area contributed by atoms with Crippen LogP contribution in [0.4, 0.5) is 11.4 Å². The molecule has 0 aliphatic rings. The molecule has 0 bridgehead atoms. The molecule has 0 heterocycles. The van der Waals surface area contributed by atoms with Gasteiger partial charge in [-0.1, -0.05) is 32.0 Å². The van der Waals surface area contributed by atoms with Crippen molar-refractivity contribution < 1.29 is 19.2 Å². The molecule has 0 aromatic heterocycles. The van der Waals surface area contributed by atoms with Crippen LogP contribution in [0.5, 0.6) is 0 Å². The van der Waals surface area contributed by atoms with Crippen molar-refractivity contribution in [1.29, 1.82) is 0 Å². The Balaban J connectivity index is 1.87. The van der Waals surface area contributed by atoms with E-state index < -0.39 is 23.4 Å². The van der Waals surface area contributed by atoms with E-state index in [1.807, 2.05) is 12.1 Å². The highest BCUT2D eigenvalue weighted by Gasteiger charge is 2.12. The van der Waals surface area contributed by atoms with Crippen molar-refractivity contribution in [2.45, 2.75) is 20.3 Å². The molecule has 2 rings (SSSR count). The fraction of sp³-hybridized carbons (Fsp3) is 0.263. The smallest absolute Gasteiger partial charge is 0.338 e. The summed E-state index contributed by atoms with van der Waals surface area (Å²) < 4.78 is 4.98. The zero-order valence-electron chi connectivity index (χ0n) is 14.6. The molecule has 0 saturated carbocycles. The second kappa shape index (κ2) is 8.75. The molecule has 7 heteroatoms. The lowest BCUT2D eigenvalue weighted by atomic mass is 10.0. The van der Waals surface area contributed by atoms with E-state index in [1.54, 1.807) is 12.1 Å². The summed E-state index contributed by atoms with van der Waals surface area (Å²) in [6, 6.07) is 12.6. The van der Waals surface area contributed by atoms with Crippen LogP contribution in [0, 0.1) is 16.0 Å². The number of nitro benzene ring substituents is 1. The summed E-state index contributed by atoms with van der Waals surface area (Å²) in [6.07, 6.45) is 0.918. The first-order valence-electron chi connectivity index (χ1n) is 8.15. The van der Waals surface area contributed by atoms with E-state index in [0.29, 0.717) is 11.5 Å². The number of rotatable bonds is 7. The Morgan fingerprint density at radius 1 is 1.15 bits per heavy atom. The van der Waals surface area contributed by atoms with Gasteiger partial charge < -0.3 is 10.1 Å². The minimum Gasteiger partial charge on any atom is -0.452 e. The molecule has 0 aliphatic carbocycles. The summed E-state index contributed by atoms with van der Waals surface area (Å²) in [7, 11) is 0. The fourth-order valence-electron chi connectivity index (χ4n) is 2.36. The average Bonchev–Trinajstić information content (AvgIpc) is 2.60. The van der Waals surface area contributed by atoms with Gasteiger partial charge in [-0.15, -0.1) is 0 Å². The number of benzene rings is 2. The van der Waals surface area contributed by atoms with Gasteiger partial charge in [-0.25, -0.2) is 4.79 Å². The Morgan fingerprint density at radius 2 is 1.85 bits per heavy atom. The molecule has 0 radical (unpaired) electrons. The summed E-state index contributed by atoms with van der Waals surface area (Å²) >= 11 is 0. The van der Waals surface area contributed by atoms with Gasteiger partial charge in [-0.3, -0.25) is 14.9 Å². The zero-order valence-corrected chi connectivity index (χ0v) is 14.6. The number of nitro groups is 1. The first-order chi connectivity index (χ1) is 12.3. The van der Waals surface area contributed by atoms with Crippen LogP contribution in [0.1, 0.15) is 29.8 Å². The number of nitrogens with one attached hydrogen (secondary N) is 1. The maximum atomic E-state index is 12.0. The standard InChI is InChI=1S/C19H20N2O5/c1-13(2)10-14-6-8-15(9-7-14)19(23)26-12-18(22)20-16-4-3-5-17(11-16)21(24)25/h3-9,11,13H,10,12H2,1-2H3,(H,20,22). The fourth-order valence-corrected chi connectivity index (χ4v) is 2.36. The van der Waals surface area contributed by atoms with Gasteiger partial charge in [0.15, 0.2) is 6.61 Å². The van der Waals surface area contributed by atoms with Crippen LogP contribution in [0.25, 0.3) is 0 Å². The Bertz CT molecular complexity index is 800. The normalized spacial score (nSPS) is 10.4. The van der Waals surface area contributed by atoms with Gasteiger partial charge in [0.25, 0.3) is 11.6 Å². The van der Waals surface area contributed by atoms with Gasteiger partial charge in [0.05, 0.1) is 10.5 Å². The van der Waals surface area contributed by atoms with Crippen LogP contribution in [0.3, 0.4) is 0 Å². The van der Waals surface area contributed by atoms with Crippen molar-refractivity contribution in [3.63, 3.8) is 0 Å². The molecule has 2 aromatic carbocycles. The Hall–Kier alpha value is -3.22. The molecule has 0 unspecified atom stereocenters. The number of carbonyl (C=O) groups excluding carboxylic acids is 2. The number of amides is 1. The van der Waals surface area contributed by atoms with E-state index in [2.05, 4.69) is 19.2 Å². The highest BCUT2D eigenvalue weighted by Crippen LogP contribution is 2.17. The molecule has 7 nitrogen and oxygen atoms in total. The Kier molecular flexibility index (Phi) is 6.43. The number of esters is 1. The van der Waals surface area contributed by atoms with Crippen molar-refractivity contribution in [2.75, 3.05) is 11.9 Å². The van der Waals surface area contributed by atoms with Crippen LogP contribution in [0.15, 0.2) is 48.5 Å². The molecule has 26 heavy (non-hydrogen) atoms. The van der Waals surface area contributed by atoms with E-state index in [9.17, 15) is 19.7 Å². The summed E-state index contributed by atoms with van der Waals surface area (Å²) in [5.74, 6) is -0.657. The van der Waals surface area contributed by atoms with Gasteiger partial charge in [0.1, 0.15) is 0 Å². The molecule has 1 N–H and O–H groups in total. The number of nitrogens with zero attached hydrogens (tertiary/aromatic N) is 1. The quantitative estimate of drug-likeness (QED) is 0.464. The van der Waals surface area contributed by atoms with Gasteiger partial charge in [-0.2, -0.15) is 0 Å². The molecular formula is C19H20N2O5. The van der Waals surface area contributed by atoms with Crippen LogP contribution >= 0.6 is 0 Å². The van der Waals surface area contributed by atoms with E-state index in [-0.39, 0.29) is 11.4 Å². The van der Waals surface area contributed by atoms with Crippen molar-refractivity contribution in [3.8, 4) is 0 Å². The second-order valence-corrected chi connectivity index (χ2v) is 6.23. The molecule has 0 aliphatic heterocycles. The molecular weight excluding hydrogens is 336 g/mol. The highest BCUT2D eigenvalue weighted by molar-refractivity contribution is 5.95. The molecule has 2 aromatic rings. The van der Waals surface area contributed by atoms with E-state index in [0.717, 1.165) is 12.0 Å². The third-order valence-corrected chi connectivity index (χ3v) is 3.51. The lowest BCUT2D eigenvalue weighted by Crippen LogP contribution is -2.21. The first kappa shape index (κ1) is 19.1. The van der Waals surface area contributed by atoms with Gasteiger partial charge >= 0.3 is 5.97 Å². The van der Waals surface area contributed by atoms with Crippen molar-refractivity contribution >= 4 is 23.3 Å². The third-order valence-electron chi connectivity index (χ3n) is 3.51. The zero-order chi connectivity index (χ0) is 19.1. The minimum absolute atomic E-state index is 0.138. The Morgan fingerprint density at radius 3 is 2.46 bits per heavy atom. The van der Waals surface area contributed by atoms with E-state index in [1.165, 1.54) is 24.3 Å². The number of non-ortho nitro benzene ring substituents is 1. The van der Waals surface area contributed by atoms with Crippen LogP contribution < -0.4 is 5.32 Å². The summed E-state index contributed by atoms with van der Waals surface area (Å²) in [6.45, 7) is 3.75. The lowest BCUT2D eigenvalue weighted by Gasteiger charge is -2.08. The Labute approximate surface area is 151 Å². The molecule has 0 atom stereocenters. The van der Waals surface area contributed by atoms with Crippen molar-refractivity contribution in [3.05, 3.63) is 69.8 Å². The lowest BCUT2D eigenvalue weighted by molar-refractivity contribution is -0.384.